The summed E-state index contributed by atoms with van der Waals surface area (Å²) in [6, 6.07) is 10.5. The van der Waals surface area contributed by atoms with Crippen LogP contribution >= 0.6 is 11.6 Å². The minimum absolute atomic E-state index is 0.232. The maximum atomic E-state index is 5.97. The van der Waals surface area contributed by atoms with Gasteiger partial charge in [-0.2, -0.15) is 4.98 Å². The molecule has 0 spiro atoms. The monoisotopic (exact) mass is 343 g/mol. The van der Waals surface area contributed by atoms with Crippen molar-refractivity contribution in [2.24, 2.45) is 0 Å². The first-order chi connectivity index (χ1) is 11.8. The Labute approximate surface area is 144 Å². The van der Waals surface area contributed by atoms with Crippen LogP contribution in [0.2, 0.25) is 5.28 Å². The van der Waals surface area contributed by atoms with E-state index in [9.17, 15) is 0 Å². The molecule has 4 rings (SSSR count). The average molecular weight is 344 g/mol. The van der Waals surface area contributed by atoms with Crippen molar-refractivity contribution in [1.82, 2.24) is 15.0 Å². The second-order valence-corrected chi connectivity index (χ2v) is 6.04. The van der Waals surface area contributed by atoms with Gasteiger partial charge in [0.15, 0.2) is 0 Å². The molecule has 124 valence electrons. The summed E-state index contributed by atoms with van der Waals surface area (Å²) in [7, 11) is 0. The first-order valence-corrected chi connectivity index (χ1v) is 8.33. The van der Waals surface area contributed by atoms with E-state index in [2.05, 4.69) is 49.4 Å². The number of ether oxygens (including phenoxy) is 1. The van der Waals surface area contributed by atoms with Gasteiger partial charge < -0.3 is 19.9 Å². The molecule has 3 heterocycles. The van der Waals surface area contributed by atoms with Gasteiger partial charge in [0.2, 0.25) is 5.28 Å². The van der Waals surface area contributed by atoms with Crippen molar-refractivity contribution >= 4 is 34.1 Å². The molecule has 24 heavy (non-hydrogen) atoms. The number of fused-ring (bicyclic) bond motifs is 1. The lowest BCUT2D eigenvalue weighted by atomic mass is 10.2. The Balaban J connectivity index is 1.46. The number of hydrogen-bond acceptors (Lipinski definition) is 5. The highest BCUT2D eigenvalue weighted by molar-refractivity contribution is 6.28. The number of rotatable bonds is 4. The zero-order valence-electron chi connectivity index (χ0n) is 13.1. The van der Waals surface area contributed by atoms with Gasteiger partial charge in [0.1, 0.15) is 11.5 Å². The smallest absolute Gasteiger partial charge is 0.226 e. The van der Waals surface area contributed by atoms with E-state index in [4.69, 9.17) is 16.3 Å². The van der Waals surface area contributed by atoms with Crippen molar-refractivity contribution in [3.63, 3.8) is 0 Å². The minimum Gasteiger partial charge on any atom is -0.378 e. The number of halogens is 1. The Morgan fingerprint density at radius 1 is 1.12 bits per heavy atom. The number of aromatic amines is 1. The van der Waals surface area contributed by atoms with Crippen LogP contribution in [-0.2, 0) is 11.3 Å². The third kappa shape index (κ3) is 3.16. The van der Waals surface area contributed by atoms with Crippen LogP contribution in [0.3, 0.4) is 0 Å². The molecular formula is C17H18ClN5O. The summed E-state index contributed by atoms with van der Waals surface area (Å²) in [6.07, 6.45) is 1.83. The third-order valence-corrected chi connectivity index (χ3v) is 4.33. The van der Waals surface area contributed by atoms with E-state index in [0.29, 0.717) is 6.54 Å². The van der Waals surface area contributed by atoms with Crippen molar-refractivity contribution in [2.75, 3.05) is 36.5 Å². The van der Waals surface area contributed by atoms with Crippen LogP contribution in [0.15, 0.2) is 36.5 Å². The molecule has 0 bridgehead atoms. The molecule has 1 saturated heterocycles. The zero-order chi connectivity index (χ0) is 16.4. The van der Waals surface area contributed by atoms with Crippen molar-refractivity contribution in [1.29, 1.82) is 0 Å². The van der Waals surface area contributed by atoms with E-state index in [1.54, 1.807) is 0 Å². The molecule has 7 heteroatoms. The Kier molecular flexibility index (Phi) is 4.23. The first kappa shape index (κ1) is 15.2. The van der Waals surface area contributed by atoms with Gasteiger partial charge in [-0.1, -0.05) is 12.1 Å². The molecule has 2 aromatic heterocycles. The van der Waals surface area contributed by atoms with Crippen molar-refractivity contribution in [2.45, 2.75) is 6.54 Å². The lowest BCUT2D eigenvalue weighted by Crippen LogP contribution is -2.36. The van der Waals surface area contributed by atoms with E-state index in [0.717, 1.165) is 43.2 Å². The largest absolute Gasteiger partial charge is 0.378 e. The first-order valence-electron chi connectivity index (χ1n) is 7.96. The predicted molar refractivity (Wildman–Crippen MR) is 95.7 cm³/mol. The van der Waals surface area contributed by atoms with Gasteiger partial charge in [-0.25, -0.2) is 4.98 Å². The van der Waals surface area contributed by atoms with Crippen molar-refractivity contribution in [3.8, 4) is 0 Å². The topological polar surface area (TPSA) is 66.1 Å². The Morgan fingerprint density at radius 2 is 1.92 bits per heavy atom. The molecule has 1 aliphatic heterocycles. The summed E-state index contributed by atoms with van der Waals surface area (Å²) in [5.74, 6) is 0.739. The van der Waals surface area contributed by atoms with E-state index >= 15 is 0 Å². The summed E-state index contributed by atoms with van der Waals surface area (Å²) in [6.45, 7) is 4.16. The molecule has 0 unspecified atom stereocenters. The second kappa shape index (κ2) is 6.67. The quantitative estimate of drug-likeness (QED) is 0.713. The van der Waals surface area contributed by atoms with E-state index in [-0.39, 0.29) is 5.28 Å². The number of nitrogens with one attached hydrogen (secondary N) is 2. The number of anilines is 2. The SMILES string of the molecule is Clc1nc(NCc2ccc(N3CCOCC3)cc2)c2cc[nH]c2n1. The fourth-order valence-electron chi connectivity index (χ4n) is 2.88. The molecule has 2 N–H and O–H groups in total. The lowest BCUT2D eigenvalue weighted by molar-refractivity contribution is 0.122. The van der Waals surface area contributed by atoms with Crippen LogP contribution < -0.4 is 10.2 Å². The van der Waals surface area contributed by atoms with Gasteiger partial charge in [-0.05, 0) is 35.4 Å². The predicted octanol–water partition coefficient (Wildman–Crippen LogP) is 3.06. The molecule has 1 fully saturated rings. The van der Waals surface area contributed by atoms with Gasteiger partial charge in [-0.3, -0.25) is 0 Å². The highest BCUT2D eigenvalue weighted by Crippen LogP contribution is 2.22. The van der Waals surface area contributed by atoms with Gasteiger partial charge >= 0.3 is 0 Å². The standard InChI is InChI=1S/C17H18ClN5O/c18-17-21-15-14(5-6-19-15)16(22-17)20-11-12-1-3-13(4-2-12)23-7-9-24-10-8-23/h1-6H,7-11H2,(H2,19,20,21,22). The fraction of sp³-hybridized carbons (Fsp3) is 0.294. The Morgan fingerprint density at radius 3 is 2.71 bits per heavy atom. The molecule has 1 aromatic carbocycles. The van der Waals surface area contributed by atoms with Gasteiger partial charge in [-0.15, -0.1) is 0 Å². The lowest BCUT2D eigenvalue weighted by Gasteiger charge is -2.28. The maximum Gasteiger partial charge on any atom is 0.226 e. The van der Waals surface area contributed by atoms with Gasteiger partial charge in [0.25, 0.3) is 0 Å². The maximum absolute atomic E-state index is 5.97. The number of nitrogens with zero attached hydrogens (tertiary/aromatic N) is 3. The average Bonchev–Trinajstić information content (AvgIpc) is 3.09. The highest BCUT2D eigenvalue weighted by atomic mass is 35.5. The van der Waals surface area contributed by atoms with Crippen molar-refractivity contribution in [3.05, 3.63) is 47.4 Å². The van der Waals surface area contributed by atoms with Crippen LogP contribution in [0.5, 0.6) is 0 Å². The number of H-pyrrole nitrogens is 1. The molecule has 1 aliphatic rings. The molecule has 0 aliphatic carbocycles. The zero-order valence-corrected chi connectivity index (χ0v) is 13.9. The van der Waals surface area contributed by atoms with E-state index in [1.807, 2.05) is 12.3 Å². The number of hydrogen-bond donors (Lipinski definition) is 2. The van der Waals surface area contributed by atoms with E-state index < -0.39 is 0 Å². The normalized spacial score (nSPS) is 15.0. The van der Waals surface area contributed by atoms with Crippen molar-refractivity contribution < 1.29 is 4.74 Å². The molecular weight excluding hydrogens is 326 g/mol. The summed E-state index contributed by atoms with van der Waals surface area (Å²) in [5, 5.41) is 4.51. The van der Waals surface area contributed by atoms with Crippen LogP contribution in [0.25, 0.3) is 11.0 Å². The van der Waals surface area contributed by atoms with Gasteiger partial charge in [0.05, 0.1) is 18.6 Å². The number of morpholine rings is 1. The summed E-state index contributed by atoms with van der Waals surface area (Å²) >= 11 is 5.97. The molecule has 6 nitrogen and oxygen atoms in total. The summed E-state index contributed by atoms with van der Waals surface area (Å²) in [4.78, 5) is 13.8. The van der Waals surface area contributed by atoms with Crippen LogP contribution in [0.1, 0.15) is 5.56 Å². The molecule has 0 saturated carbocycles. The number of benzene rings is 1. The molecule has 3 aromatic rings. The van der Waals surface area contributed by atoms with Crippen LogP contribution in [-0.4, -0.2) is 41.3 Å². The molecule has 0 radical (unpaired) electrons. The fourth-order valence-corrected chi connectivity index (χ4v) is 3.05. The Bertz CT molecular complexity index is 827. The second-order valence-electron chi connectivity index (χ2n) is 5.70. The summed E-state index contributed by atoms with van der Waals surface area (Å²) < 4.78 is 5.39. The van der Waals surface area contributed by atoms with E-state index in [1.165, 1.54) is 11.3 Å². The molecule has 0 atom stereocenters. The summed E-state index contributed by atoms with van der Waals surface area (Å²) in [5.41, 5.74) is 3.16. The minimum atomic E-state index is 0.232. The van der Waals surface area contributed by atoms with Crippen LogP contribution in [0.4, 0.5) is 11.5 Å². The highest BCUT2D eigenvalue weighted by Gasteiger charge is 2.11. The van der Waals surface area contributed by atoms with Gasteiger partial charge in [0, 0.05) is 31.5 Å². The third-order valence-electron chi connectivity index (χ3n) is 4.16. The number of aromatic nitrogens is 3. The molecule has 0 amide bonds. The van der Waals surface area contributed by atoms with Crippen LogP contribution in [0, 0.1) is 0 Å². The Hall–Kier alpha value is -2.31.